The Balaban J connectivity index is 1.80. The molecule has 1 aromatic carbocycles. The molecule has 0 bridgehead atoms. The Hall–Kier alpha value is -2.05. The van der Waals surface area contributed by atoms with Crippen molar-refractivity contribution in [3.05, 3.63) is 50.7 Å². The minimum Gasteiger partial charge on any atom is -0.491 e. The highest BCUT2D eigenvalue weighted by Crippen LogP contribution is 2.34. The van der Waals surface area contributed by atoms with Crippen LogP contribution in [0.15, 0.2) is 29.6 Å². The number of aryl methyl sites for hydroxylation is 1. The highest BCUT2D eigenvalue weighted by molar-refractivity contribution is 7.10. The molecule has 0 unspecified atom stereocenters. The SMILES string of the molecule is CC[C@H](C)N(CC(=O)N1CCc2sccc2[C@H]1COc1ccc(Cl)c(C)c1)C(=O)C(C)C. The number of halogens is 1. The average Bonchev–Trinajstić information content (AvgIpc) is 3.25. The first-order valence-corrected chi connectivity index (χ1v) is 12.5. The van der Waals surface area contributed by atoms with Gasteiger partial charge in [0.05, 0.1) is 6.04 Å². The van der Waals surface area contributed by atoms with Crippen molar-refractivity contribution in [3.63, 3.8) is 0 Å². The highest BCUT2D eigenvalue weighted by Gasteiger charge is 2.34. The first-order valence-electron chi connectivity index (χ1n) is 11.3. The first-order chi connectivity index (χ1) is 15.2. The summed E-state index contributed by atoms with van der Waals surface area (Å²) in [5.41, 5.74) is 2.10. The number of hydrogen-bond donors (Lipinski definition) is 0. The maximum absolute atomic E-state index is 13.5. The fraction of sp³-hybridized carbons (Fsp3) is 0.520. The second-order valence-corrected chi connectivity index (χ2v) is 10.2. The largest absolute Gasteiger partial charge is 0.491 e. The van der Waals surface area contributed by atoms with Crippen LogP contribution in [-0.4, -0.2) is 47.4 Å². The van der Waals surface area contributed by atoms with Crippen molar-refractivity contribution < 1.29 is 14.3 Å². The molecule has 0 spiro atoms. The molecular formula is C25H33ClN2O3S. The molecule has 3 rings (SSSR count). The van der Waals surface area contributed by atoms with Gasteiger partial charge in [0.2, 0.25) is 11.8 Å². The van der Waals surface area contributed by atoms with Crippen molar-refractivity contribution >= 4 is 34.8 Å². The summed E-state index contributed by atoms with van der Waals surface area (Å²) in [6.45, 7) is 10.8. The number of hydrogen-bond acceptors (Lipinski definition) is 4. The van der Waals surface area contributed by atoms with Gasteiger partial charge in [0.15, 0.2) is 0 Å². The van der Waals surface area contributed by atoms with E-state index in [0.29, 0.717) is 18.2 Å². The van der Waals surface area contributed by atoms with E-state index >= 15 is 0 Å². The van der Waals surface area contributed by atoms with Gasteiger partial charge in [-0.2, -0.15) is 0 Å². The van der Waals surface area contributed by atoms with E-state index in [2.05, 4.69) is 11.4 Å². The van der Waals surface area contributed by atoms with Crippen LogP contribution < -0.4 is 4.74 Å². The summed E-state index contributed by atoms with van der Waals surface area (Å²) in [6, 6.07) is 7.52. The van der Waals surface area contributed by atoms with Gasteiger partial charge in [-0.05, 0) is 67.5 Å². The monoisotopic (exact) mass is 476 g/mol. The first kappa shape index (κ1) is 24.6. The lowest BCUT2D eigenvalue weighted by Gasteiger charge is -2.38. The van der Waals surface area contributed by atoms with Crippen molar-refractivity contribution in [2.45, 2.75) is 59.5 Å². The lowest BCUT2D eigenvalue weighted by atomic mass is 10.00. The molecule has 2 atom stereocenters. The van der Waals surface area contributed by atoms with Crippen LogP contribution in [0.4, 0.5) is 0 Å². The minimum atomic E-state index is -0.179. The van der Waals surface area contributed by atoms with Crippen molar-refractivity contribution in [1.82, 2.24) is 9.80 Å². The van der Waals surface area contributed by atoms with E-state index in [1.165, 1.54) is 4.88 Å². The topological polar surface area (TPSA) is 49.9 Å². The van der Waals surface area contributed by atoms with E-state index in [4.69, 9.17) is 16.3 Å². The Morgan fingerprint density at radius 1 is 1.28 bits per heavy atom. The predicted octanol–water partition coefficient (Wildman–Crippen LogP) is 5.50. The van der Waals surface area contributed by atoms with Gasteiger partial charge in [-0.3, -0.25) is 9.59 Å². The lowest BCUT2D eigenvalue weighted by Crippen LogP contribution is -2.50. The van der Waals surface area contributed by atoms with Gasteiger partial charge < -0.3 is 14.5 Å². The van der Waals surface area contributed by atoms with Crippen LogP contribution in [0, 0.1) is 12.8 Å². The summed E-state index contributed by atoms with van der Waals surface area (Å²) in [5.74, 6) is 0.578. The van der Waals surface area contributed by atoms with Crippen LogP contribution >= 0.6 is 22.9 Å². The summed E-state index contributed by atoms with van der Waals surface area (Å²) >= 11 is 7.87. The van der Waals surface area contributed by atoms with Crippen LogP contribution in [0.2, 0.25) is 5.02 Å². The molecule has 5 nitrogen and oxygen atoms in total. The molecule has 2 heterocycles. The van der Waals surface area contributed by atoms with Crippen LogP contribution in [0.25, 0.3) is 0 Å². The number of nitrogens with zero attached hydrogens (tertiary/aromatic N) is 2. The Morgan fingerprint density at radius 2 is 2.03 bits per heavy atom. The number of carbonyl (C=O) groups excluding carboxylic acids is 2. The maximum Gasteiger partial charge on any atom is 0.242 e. The Bertz CT molecular complexity index is 958. The molecule has 1 aromatic heterocycles. The zero-order valence-corrected chi connectivity index (χ0v) is 21.1. The van der Waals surface area contributed by atoms with Gasteiger partial charge in [0, 0.05) is 28.4 Å². The van der Waals surface area contributed by atoms with E-state index in [-0.39, 0.29) is 36.4 Å². The molecule has 2 aromatic rings. The van der Waals surface area contributed by atoms with E-state index in [9.17, 15) is 9.59 Å². The highest BCUT2D eigenvalue weighted by atomic mass is 35.5. The summed E-state index contributed by atoms with van der Waals surface area (Å²) < 4.78 is 6.12. The van der Waals surface area contributed by atoms with E-state index in [1.54, 1.807) is 16.2 Å². The molecule has 1 aliphatic rings. The third-order valence-electron chi connectivity index (χ3n) is 6.16. The molecule has 32 heavy (non-hydrogen) atoms. The lowest BCUT2D eigenvalue weighted by molar-refractivity contribution is -0.146. The third-order valence-corrected chi connectivity index (χ3v) is 7.58. The summed E-state index contributed by atoms with van der Waals surface area (Å²) in [7, 11) is 0. The van der Waals surface area contributed by atoms with Crippen LogP contribution in [0.3, 0.4) is 0 Å². The van der Waals surface area contributed by atoms with Gasteiger partial charge in [-0.25, -0.2) is 0 Å². The fourth-order valence-corrected chi connectivity index (χ4v) is 5.04. The molecule has 0 saturated heterocycles. The van der Waals surface area contributed by atoms with E-state index in [0.717, 1.165) is 29.7 Å². The Labute approximate surface area is 200 Å². The predicted molar refractivity (Wildman–Crippen MR) is 130 cm³/mol. The number of rotatable bonds is 8. The maximum atomic E-state index is 13.5. The molecule has 0 aliphatic carbocycles. The van der Waals surface area contributed by atoms with Crippen molar-refractivity contribution in [3.8, 4) is 5.75 Å². The third kappa shape index (κ3) is 5.46. The quantitative estimate of drug-likeness (QED) is 0.505. The number of ether oxygens (including phenoxy) is 1. The van der Waals surface area contributed by atoms with Gasteiger partial charge in [-0.1, -0.05) is 32.4 Å². The number of thiophene rings is 1. The summed E-state index contributed by atoms with van der Waals surface area (Å²) in [4.78, 5) is 31.2. The van der Waals surface area contributed by atoms with Crippen molar-refractivity contribution in [2.75, 3.05) is 19.7 Å². The molecule has 2 amide bonds. The van der Waals surface area contributed by atoms with Gasteiger partial charge in [0.1, 0.15) is 18.9 Å². The number of benzene rings is 1. The normalized spacial score (nSPS) is 16.6. The second-order valence-electron chi connectivity index (χ2n) is 8.75. The van der Waals surface area contributed by atoms with E-state index < -0.39 is 0 Å². The smallest absolute Gasteiger partial charge is 0.242 e. The number of carbonyl (C=O) groups is 2. The van der Waals surface area contributed by atoms with Crippen LogP contribution in [-0.2, 0) is 16.0 Å². The molecule has 0 fully saturated rings. The van der Waals surface area contributed by atoms with Crippen molar-refractivity contribution in [2.24, 2.45) is 5.92 Å². The summed E-state index contributed by atoms with van der Waals surface area (Å²) in [5, 5.41) is 2.78. The standard InChI is InChI=1S/C25H33ClN2O3S/c1-6-18(5)28(25(30)16(2)3)14-24(29)27-11-9-23-20(10-12-32-23)22(27)15-31-19-7-8-21(26)17(4)13-19/h7-8,10,12-13,16,18,22H,6,9,11,14-15H2,1-5H3/t18-,22+/m0/s1. The zero-order chi connectivity index (χ0) is 23.4. The number of fused-ring (bicyclic) bond motifs is 1. The molecular weight excluding hydrogens is 444 g/mol. The Morgan fingerprint density at radius 3 is 2.69 bits per heavy atom. The Kier molecular flexibility index (Phi) is 8.23. The number of amides is 2. The van der Waals surface area contributed by atoms with E-state index in [1.807, 2.05) is 57.7 Å². The zero-order valence-electron chi connectivity index (χ0n) is 19.6. The van der Waals surface area contributed by atoms with Gasteiger partial charge >= 0.3 is 0 Å². The molecule has 7 heteroatoms. The van der Waals surface area contributed by atoms with Gasteiger partial charge in [-0.15, -0.1) is 11.3 Å². The minimum absolute atomic E-state index is 0.0158. The summed E-state index contributed by atoms with van der Waals surface area (Å²) in [6.07, 6.45) is 1.64. The second kappa shape index (κ2) is 10.7. The average molecular weight is 477 g/mol. The molecule has 0 saturated carbocycles. The molecule has 174 valence electrons. The molecule has 1 aliphatic heterocycles. The fourth-order valence-electron chi connectivity index (χ4n) is 4.00. The van der Waals surface area contributed by atoms with Crippen LogP contribution in [0.5, 0.6) is 5.75 Å². The van der Waals surface area contributed by atoms with Crippen molar-refractivity contribution in [1.29, 1.82) is 0 Å². The van der Waals surface area contributed by atoms with Crippen LogP contribution in [0.1, 0.15) is 56.2 Å². The van der Waals surface area contributed by atoms with Gasteiger partial charge in [0.25, 0.3) is 0 Å². The molecule has 0 radical (unpaired) electrons. The molecule has 0 N–H and O–H groups in total.